The molecule has 1 unspecified atom stereocenters. The molecule has 1 aliphatic rings. The maximum absolute atomic E-state index is 12.2. The van der Waals surface area contributed by atoms with Crippen LogP contribution in [0.4, 0.5) is 5.95 Å². The molecule has 0 aliphatic carbocycles. The number of allylic oxidation sites excluding steroid dienone is 1. The summed E-state index contributed by atoms with van der Waals surface area (Å²) in [5.74, 6) is 1.41. The monoisotopic (exact) mass is 453 g/mol. The van der Waals surface area contributed by atoms with Gasteiger partial charge in [-0.1, -0.05) is 28.1 Å². The largest absolute Gasteiger partial charge is 0.494 e. The first-order valence-electron chi connectivity index (χ1n) is 9.20. The molecule has 0 spiro atoms. The Morgan fingerprint density at radius 3 is 2.52 bits per heavy atom. The smallest absolute Gasteiger partial charge is 0.248 e. The summed E-state index contributed by atoms with van der Waals surface area (Å²) in [5.41, 5.74) is 8.59. The van der Waals surface area contributed by atoms with Gasteiger partial charge in [0.1, 0.15) is 11.8 Å². The molecule has 1 atom stereocenters. The van der Waals surface area contributed by atoms with Crippen LogP contribution in [0.2, 0.25) is 0 Å². The zero-order valence-corrected chi connectivity index (χ0v) is 17.6. The Balaban J connectivity index is 1.79. The van der Waals surface area contributed by atoms with Gasteiger partial charge in [-0.2, -0.15) is 4.98 Å². The van der Waals surface area contributed by atoms with Crippen LogP contribution in [0.25, 0.3) is 11.4 Å². The number of ether oxygens (including phenoxy) is 1. The van der Waals surface area contributed by atoms with Crippen molar-refractivity contribution in [3.63, 3.8) is 0 Å². The summed E-state index contributed by atoms with van der Waals surface area (Å²) in [6.45, 7) is 4.37. The molecule has 2 heterocycles. The number of rotatable bonds is 5. The number of carbonyl (C=O) groups is 1. The Morgan fingerprint density at radius 2 is 1.90 bits per heavy atom. The first-order valence-corrected chi connectivity index (χ1v) is 10.00. The van der Waals surface area contributed by atoms with Crippen molar-refractivity contribution in [3.05, 3.63) is 69.8 Å². The molecule has 0 fully saturated rings. The van der Waals surface area contributed by atoms with E-state index in [9.17, 15) is 4.79 Å². The molecule has 0 saturated carbocycles. The Morgan fingerprint density at radius 1 is 1.21 bits per heavy atom. The standard InChI is InChI=1S/C21H20BrN5O2/c1-3-29-16-10-6-14(7-11-16)20-25-21-24-12(2)17(19(23)28)18(27(21)26-20)13-4-8-15(22)9-5-13/h4-11,18H,3H2,1-2H3,(H2,23,28)(H,24,25,26). The van der Waals surface area contributed by atoms with Crippen LogP contribution in [0, 0.1) is 0 Å². The number of halogens is 1. The maximum atomic E-state index is 12.2. The van der Waals surface area contributed by atoms with Crippen LogP contribution >= 0.6 is 15.9 Å². The van der Waals surface area contributed by atoms with Crippen LogP contribution in [0.1, 0.15) is 25.5 Å². The normalized spacial score (nSPS) is 15.6. The van der Waals surface area contributed by atoms with E-state index < -0.39 is 11.9 Å². The van der Waals surface area contributed by atoms with Crippen LogP contribution < -0.4 is 15.8 Å². The molecule has 0 radical (unpaired) electrons. The summed E-state index contributed by atoms with van der Waals surface area (Å²) in [4.78, 5) is 16.9. The molecule has 1 aliphatic heterocycles. The van der Waals surface area contributed by atoms with E-state index in [0.29, 0.717) is 29.6 Å². The van der Waals surface area contributed by atoms with Gasteiger partial charge in [-0.15, -0.1) is 5.10 Å². The fraction of sp³-hybridized carbons (Fsp3) is 0.190. The third kappa shape index (κ3) is 3.63. The van der Waals surface area contributed by atoms with E-state index in [0.717, 1.165) is 21.3 Å². The SMILES string of the molecule is CCOc1ccc(-c2nc3n(n2)C(c2ccc(Br)cc2)C(C(N)=O)=C(C)N3)cc1. The molecule has 2 aromatic carbocycles. The van der Waals surface area contributed by atoms with Gasteiger partial charge >= 0.3 is 0 Å². The average Bonchev–Trinajstić information content (AvgIpc) is 3.12. The zero-order chi connectivity index (χ0) is 20.5. The third-order valence-corrected chi connectivity index (χ3v) is 5.26. The predicted octanol–water partition coefficient (Wildman–Crippen LogP) is 3.88. The molecule has 1 aromatic heterocycles. The molecule has 3 aromatic rings. The highest BCUT2D eigenvalue weighted by Gasteiger charge is 2.33. The summed E-state index contributed by atoms with van der Waals surface area (Å²) in [6, 6.07) is 14.9. The molecular formula is C21H20BrN5O2. The summed E-state index contributed by atoms with van der Waals surface area (Å²) in [7, 11) is 0. The predicted molar refractivity (Wildman–Crippen MR) is 114 cm³/mol. The molecule has 0 bridgehead atoms. The van der Waals surface area contributed by atoms with Gasteiger partial charge < -0.3 is 15.8 Å². The molecule has 29 heavy (non-hydrogen) atoms. The highest BCUT2D eigenvalue weighted by atomic mass is 79.9. The second kappa shape index (κ2) is 7.71. The van der Waals surface area contributed by atoms with Crippen LogP contribution in [-0.2, 0) is 4.79 Å². The van der Waals surface area contributed by atoms with Gasteiger partial charge in [-0.3, -0.25) is 4.79 Å². The van der Waals surface area contributed by atoms with E-state index in [4.69, 9.17) is 15.6 Å². The van der Waals surface area contributed by atoms with Crippen molar-refractivity contribution in [2.75, 3.05) is 11.9 Å². The van der Waals surface area contributed by atoms with Crippen LogP contribution in [-0.4, -0.2) is 27.3 Å². The summed E-state index contributed by atoms with van der Waals surface area (Å²) in [5, 5.41) is 7.85. The molecule has 8 heteroatoms. The number of carbonyl (C=O) groups excluding carboxylic acids is 1. The Labute approximate surface area is 176 Å². The van der Waals surface area contributed by atoms with Crippen molar-refractivity contribution in [3.8, 4) is 17.1 Å². The average molecular weight is 454 g/mol. The first kappa shape index (κ1) is 19.2. The minimum Gasteiger partial charge on any atom is -0.494 e. The third-order valence-electron chi connectivity index (χ3n) is 4.73. The van der Waals surface area contributed by atoms with Crippen molar-refractivity contribution in [1.29, 1.82) is 0 Å². The number of hydrogen-bond acceptors (Lipinski definition) is 5. The van der Waals surface area contributed by atoms with Gasteiger partial charge in [-0.05, 0) is 55.8 Å². The van der Waals surface area contributed by atoms with E-state index in [1.54, 1.807) is 4.68 Å². The van der Waals surface area contributed by atoms with E-state index in [2.05, 4.69) is 26.2 Å². The minimum atomic E-state index is -0.494. The molecule has 3 N–H and O–H groups in total. The topological polar surface area (TPSA) is 95.1 Å². The lowest BCUT2D eigenvalue weighted by atomic mass is 9.95. The number of benzene rings is 2. The van der Waals surface area contributed by atoms with Gasteiger partial charge in [0.25, 0.3) is 0 Å². The fourth-order valence-electron chi connectivity index (χ4n) is 3.41. The zero-order valence-electron chi connectivity index (χ0n) is 16.0. The van der Waals surface area contributed by atoms with E-state index in [-0.39, 0.29) is 0 Å². The number of fused-ring (bicyclic) bond motifs is 1. The molecule has 1 amide bonds. The van der Waals surface area contributed by atoms with Crippen LogP contribution in [0.5, 0.6) is 5.75 Å². The summed E-state index contributed by atoms with van der Waals surface area (Å²) in [6.07, 6.45) is 0. The molecular weight excluding hydrogens is 434 g/mol. The highest BCUT2D eigenvalue weighted by molar-refractivity contribution is 9.10. The van der Waals surface area contributed by atoms with Crippen molar-refractivity contribution >= 4 is 27.8 Å². The van der Waals surface area contributed by atoms with E-state index in [1.807, 2.05) is 62.4 Å². The number of nitrogens with two attached hydrogens (primary N) is 1. The van der Waals surface area contributed by atoms with Gasteiger partial charge in [0, 0.05) is 15.7 Å². The maximum Gasteiger partial charge on any atom is 0.248 e. The van der Waals surface area contributed by atoms with E-state index >= 15 is 0 Å². The molecule has 0 saturated heterocycles. The van der Waals surface area contributed by atoms with Crippen molar-refractivity contribution < 1.29 is 9.53 Å². The molecule has 4 rings (SSSR count). The first-order chi connectivity index (χ1) is 14.0. The van der Waals surface area contributed by atoms with Crippen molar-refractivity contribution in [2.45, 2.75) is 19.9 Å². The number of amides is 1. The van der Waals surface area contributed by atoms with Gasteiger partial charge in [0.15, 0.2) is 5.82 Å². The minimum absolute atomic E-state index is 0.458. The quantitative estimate of drug-likeness (QED) is 0.610. The number of primary amides is 1. The van der Waals surface area contributed by atoms with Crippen LogP contribution in [0.3, 0.4) is 0 Å². The molecule has 148 valence electrons. The number of nitrogens with one attached hydrogen (secondary N) is 1. The molecule has 7 nitrogen and oxygen atoms in total. The number of aromatic nitrogens is 3. The second-order valence-electron chi connectivity index (χ2n) is 6.64. The second-order valence-corrected chi connectivity index (χ2v) is 7.56. The van der Waals surface area contributed by atoms with Crippen molar-refractivity contribution in [1.82, 2.24) is 14.8 Å². The summed E-state index contributed by atoms with van der Waals surface area (Å²) < 4.78 is 8.16. The Kier molecular flexibility index (Phi) is 5.10. The van der Waals surface area contributed by atoms with Gasteiger partial charge in [-0.25, -0.2) is 4.68 Å². The lowest BCUT2D eigenvalue weighted by Gasteiger charge is -2.27. The Bertz CT molecular complexity index is 1090. The van der Waals surface area contributed by atoms with Gasteiger partial charge in [0.2, 0.25) is 11.9 Å². The highest BCUT2D eigenvalue weighted by Crippen LogP contribution is 2.36. The fourth-order valence-corrected chi connectivity index (χ4v) is 3.68. The lowest BCUT2D eigenvalue weighted by Crippen LogP contribution is -2.31. The van der Waals surface area contributed by atoms with Gasteiger partial charge in [0.05, 0.1) is 12.2 Å². The Hall–Kier alpha value is -3.13. The number of hydrogen-bond donors (Lipinski definition) is 2. The summed E-state index contributed by atoms with van der Waals surface area (Å²) >= 11 is 3.45. The lowest BCUT2D eigenvalue weighted by molar-refractivity contribution is -0.115. The number of nitrogens with zero attached hydrogens (tertiary/aromatic N) is 3. The van der Waals surface area contributed by atoms with E-state index in [1.165, 1.54) is 0 Å². The number of anilines is 1. The van der Waals surface area contributed by atoms with Crippen molar-refractivity contribution in [2.24, 2.45) is 5.73 Å². The van der Waals surface area contributed by atoms with Crippen LogP contribution in [0.15, 0.2) is 64.3 Å².